The third-order valence-electron chi connectivity index (χ3n) is 3.55. The molecule has 3 heteroatoms. The number of nitrogens with zero attached hydrogens (tertiary/aromatic N) is 1. The average Bonchev–Trinajstić information content (AvgIpc) is 2.41. The number of para-hydroxylation sites is 1. The van der Waals surface area contributed by atoms with E-state index in [0.29, 0.717) is 0 Å². The van der Waals surface area contributed by atoms with Gasteiger partial charge in [-0.3, -0.25) is 0 Å². The van der Waals surface area contributed by atoms with Gasteiger partial charge in [-0.25, -0.2) is 4.99 Å². The topological polar surface area (TPSA) is 24.4 Å². The van der Waals surface area contributed by atoms with Crippen LogP contribution in [-0.2, 0) is 5.41 Å². The van der Waals surface area contributed by atoms with Crippen LogP contribution in [0.1, 0.15) is 37.5 Å². The first-order valence-electron chi connectivity index (χ1n) is 7.44. The number of hydrogen-bond donors (Lipinski definition) is 1. The maximum absolute atomic E-state index is 4.58. The lowest BCUT2D eigenvalue weighted by Gasteiger charge is -2.22. The zero-order chi connectivity index (χ0) is 16.3. The molecule has 0 spiro atoms. The second-order valence-corrected chi connectivity index (χ2v) is 7.46. The van der Waals surface area contributed by atoms with Crippen LogP contribution < -0.4 is 5.32 Å². The van der Waals surface area contributed by atoms with Crippen LogP contribution in [0.2, 0.25) is 0 Å². The molecule has 0 aliphatic heterocycles. The molecule has 0 atom stereocenters. The van der Waals surface area contributed by atoms with E-state index in [1.54, 1.807) is 6.34 Å². The third kappa shape index (κ3) is 3.98. The van der Waals surface area contributed by atoms with Gasteiger partial charge in [0, 0.05) is 10.2 Å². The minimum Gasteiger partial charge on any atom is -0.346 e. The first kappa shape index (κ1) is 16.8. The van der Waals surface area contributed by atoms with E-state index < -0.39 is 0 Å². The Labute approximate surface area is 141 Å². The van der Waals surface area contributed by atoms with Crippen LogP contribution in [0.5, 0.6) is 0 Å². The van der Waals surface area contributed by atoms with Gasteiger partial charge in [0.1, 0.15) is 0 Å². The van der Waals surface area contributed by atoms with Gasteiger partial charge in [-0.1, -0.05) is 45.0 Å². The lowest BCUT2D eigenvalue weighted by Crippen LogP contribution is -2.14. The third-order valence-corrected chi connectivity index (χ3v) is 4.15. The van der Waals surface area contributed by atoms with Crippen molar-refractivity contribution in [1.82, 2.24) is 0 Å². The first-order chi connectivity index (χ1) is 10.3. The van der Waals surface area contributed by atoms with E-state index in [9.17, 15) is 0 Å². The van der Waals surface area contributed by atoms with Crippen molar-refractivity contribution in [2.24, 2.45) is 4.99 Å². The van der Waals surface area contributed by atoms with Gasteiger partial charge < -0.3 is 5.32 Å². The lowest BCUT2D eigenvalue weighted by atomic mass is 9.86. The molecule has 2 aromatic rings. The Morgan fingerprint density at radius 3 is 2.41 bits per heavy atom. The van der Waals surface area contributed by atoms with Gasteiger partial charge in [0.2, 0.25) is 0 Å². The number of anilines is 1. The van der Waals surface area contributed by atoms with E-state index in [-0.39, 0.29) is 5.41 Å². The first-order valence-corrected chi connectivity index (χ1v) is 8.23. The van der Waals surface area contributed by atoms with Gasteiger partial charge in [0.15, 0.2) is 0 Å². The number of benzene rings is 2. The normalized spacial score (nSPS) is 11.9. The number of aliphatic imine (C=N–C) groups is 1. The van der Waals surface area contributed by atoms with Gasteiger partial charge in [0.25, 0.3) is 0 Å². The molecule has 2 nitrogen and oxygen atoms in total. The maximum atomic E-state index is 4.58. The monoisotopic (exact) mass is 358 g/mol. The van der Waals surface area contributed by atoms with Crippen LogP contribution in [0.15, 0.2) is 45.9 Å². The summed E-state index contributed by atoms with van der Waals surface area (Å²) in [5.74, 6) is 0. The molecule has 0 fully saturated rings. The molecule has 0 saturated carbocycles. The molecule has 0 unspecified atom stereocenters. The fourth-order valence-corrected chi connectivity index (χ4v) is 3.28. The SMILES string of the molecule is Cc1cc(C)c(N=CNc2ccccc2C(C)(C)C)c(Br)c1. The van der Waals surface area contributed by atoms with Crippen LogP contribution >= 0.6 is 15.9 Å². The minimum absolute atomic E-state index is 0.0950. The van der Waals surface area contributed by atoms with Crippen LogP contribution in [0.4, 0.5) is 11.4 Å². The van der Waals surface area contributed by atoms with E-state index in [2.05, 4.69) is 91.2 Å². The molecule has 0 amide bonds. The van der Waals surface area contributed by atoms with Crippen molar-refractivity contribution in [3.05, 3.63) is 57.6 Å². The summed E-state index contributed by atoms with van der Waals surface area (Å²) in [7, 11) is 0. The summed E-state index contributed by atoms with van der Waals surface area (Å²) in [6, 6.07) is 12.6. The predicted octanol–water partition coefficient (Wildman–Crippen LogP) is 6.14. The standard InChI is InChI=1S/C19H23BrN2/c1-13-10-14(2)18(16(20)11-13)22-12-21-17-9-7-6-8-15(17)19(3,4)5/h6-12H,1-5H3,(H,21,22). The number of nitrogens with one attached hydrogen (secondary N) is 1. The Hall–Kier alpha value is -1.61. The largest absolute Gasteiger partial charge is 0.346 e. The molecule has 0 aliphatic carbocycles. The van der Waals surface area contributed by atoms with Crippen molar-refractivity contribution >= 4 is 33.6 Å². The second-order valence-electron chi connectivity index (χ2n) is 6.61. The minimum atomic E-state index is 0.0950. The Morgan fingerprint density at radius 2 is 1.77 bits per heavy atom. The molecule has 0 aromatic heterocycles. The Bertz CT molecular complexity index is 674. The van der Waals surface area contributed by atoms with Crippen molar-refractivity contribution in [1.29, 1.82) is 0 Å². The van der Waals surface area contributed by atoms with Crippen molar-refractivity contribution in [3.63, 3.8) is 0 Å². The molecule has 2 rings (SSSR count). The van der Waals surface area contributed by atoms with E-state index in [1.165, 1.54) is 11.1 Å². The molecule has 0 aliphatic rings. The summed E-state index contributed by atoms with van der Waals surface area (Å²) in [6.45, 7) is 10.8. The van der Waals surface area contributed by atoms with Crippen molar-refractivity contribution < 1.29 is 0 Å². The van der Waals surface area contributed by atoms with E-state index in [1.807, 2.05) is 6.07 Å². The van der Waals surface area contributed by atoms with Crippen molar-refractivity contribution in [3.8, 4) is 0 Å². The quantitative estimate of drug-likeness (QED) is 0.517. The summed E-state index contributed by atoms with van der Waals surface area (Å²) in [4.78, 5) is 4.58. The highest BCUT2D eigenvalue weighted by molar-refractivity contribution is 9.10. The van der Waals surface area contributed by atoms with Crippen LogP contribution in [-0.4, -0.2) is 6.34 Å². The van der Waals surface area contributed by atoms with Crippen molar-refractivity contribution in [2.75, 3.05) is 5.32 Å². The molecule has 116 valence electrons. The lowest BCUT2D eigenvalue weighted by molar-refractivity contribution is 0.592. The maximum Gasteiger partial charge on any atom is 0.0931 e. The molecular weight excluding hydrogens is 336 g/mol. The number of hydrogen-bond acceptors (Lipinski definition) is 1. The zero-order valence-electron chi connectivity index (χ0n) is 13.9. The molecule has 2 aromatic carbocycles. The van der Waals surface area contributed by atoms with E-state index in [4.69, 9.17) is 0 Å². The Balaban J connectivity index is 2.25. The summed E-state index contributed by atoms with van der Waals surface area (Å²) in [5.41, 5.74) is 5.83. The second kappa shape index (κ2) is 6.66. The van der Waals surface area contributed by atoms with Crippen LogP contribution in [0, 0.1) is 13.8 Å². The van der Waals surface area contributed by atoms with Crippen LogP contribution in [0.3, 0.4) is 0 Å². The summed E-state index contributed by atoms with van der Waals surface area (Å²) >= 11 is 3.59. The van der Waals surface area contributed by atoms with Gasteiger partial charge in [-0.2, -0.15) is 0 Å². The number of aryl methyl sites for hydroxylation is 2. The highest BCUT2D eigenvalue weighted by Gasteiger charge is 2.16. The Morgan fingerprint density at radius 1 is 1.09 bits per heavy atom. The summed E-state index contributed by atoms with van der Waals surface area (Å²) in [5, 5.41) is 3.32. The predicted molar refractivity (Wildman–Crippen MR) is 101 cm³/mol. The average molecular weight is 359 g/mol. The van der Waals surface area contributed by atoms with Gasteiger partial charge in [-0.05, 0) is 64.0 Å². The molecule has 0 heterocycles. The number of rotatable bonds is 3. The summed E-state index contributed by atoms with van der Waals surface area (Å²) in [6.07, 6.45) is 1.77. The molecule has 0 radical (unpaired) electrons. The van der Waals surface area contributed by atoms with Crippen LogP contribution in [0.25, 0.3) is 0 Å². The van der Waals surface area contributed by atoms with Gasteiger partial charge >= 0.3 is 0 Å². The van der Waals surface area contributed by atoms with E-state index in [0.717, 1.165) is 21.4 Å². The molecular formula is C19H23BrN2. The van der Waals surface area contributed by atoms with Crippen molar-refractivity contribution in [2.45, 2.75) is 40.0 Å². The zero-order valence-corrected chi connectivity index (χ0v) is 15.5. The highest BCUT2D eigenvalue weighted by atomic mass is 79.9. The molecule has 0 bridgehead atoms. The van der Waals surface area contributed by atoms with Gasteiger partial charge in [-0.15, -0.1) is 0 Å². The fraction of sp³-hybridized carbons (Fsp3) is 0.316. The molecule has 1 N–H and O–H groups in total. The van der Waals surface area contributed by atoms with Gasteiger partial charge in [0.05, 0.1) is 12.0 Å². The highest BCUT2D eigenvalue weighted by Crippen LogP contribution is 2.31. The fourth-order valence-electron chi connectivity index (χ4n) is 2.50. The number of halogens is 1. The molecule has 0 saturated heterocycles. The molecule has 22 heavy (non-hydrogen) atoms. The van der Waals surface area contributed by atoms with E-state index >= 15 is 0 Å². The Kier molecular flexibility index (Phi) is 5.07. The smallest absolute Gasteiger partial charge is 0.0931 e. The summed E-state index contributed by atoms with van der Waals surface area (Å²) < 4.78 is 1.02.